The SMILES string of the molecule is O=C([O-])c1c([O-])ccc2c1O[B-](O)(O)CO2. The fourth-order valence-corrected chi connectivity index (χ4v) is 1.39. The van der Waals surface area contributed by atoms with Gasteiger partial charge in [0.25, 0.3) is 0 Å². The molecule has 0 atom stereocenters. The maximum atomic E-state index is 11.2. The highest BCUT2D eigenvalue weighted by atomic mass is 16.7. The van der Waals surface area contributed by atoms with Crippen molar-refractivity contribution >= 4 is 12.7 Å². The van der Waals surface area contributed by atoms with Gasteiger partial charge >= 0.3 is 6.75 Å². The van der Waals surface area contributed by atoms with Gasteiger partial charge in [-0.2, -0.15) is 0 Å². The Balaban J connectivity index is 2.58. The predicted molar refractivity (Wildman–Crippen MR) is 46.5 cm³/mol. The number of carbonyl (C=O) groups is 1. The first-order chi connectivity index (χ1) is 7.41. The van der Waals surface area contributed by atoms with E-state index in [-0.39, 0.29) is 5.75 Å². The molecule has 0 saturated heterocycles. The number of fused-ring (bicyclic) bond motifs is 1. The fraction of sp³-hybridized carbons (Fsp3) is 0.125. The average Bonchev–Trinajstić information content (AvgIpc) is 2.15. The monoisotopic (exact) mass is 225 g/mol. The molecule has 7 nitrogen and oxygen atoms in total. The van der Waals surface area contributed by atoms with E-state index in [1.54, 1.807) is 0 Å². The summed E-state index contributed by atoms with van der Waals surface area (Å²) >= 11 is 0. The first-order valence-corrected chi connectivity index (χ1v) is 4.38. The zero-order valence-corrected chi connectivity index (χ0v) is 7.87. The number of ether oxygens (including phenoxy) is 1. The summed E-state index contributed by atoms with van der Waals surface area (Å²) in [5, 5.41) is 40.3. The molecular weight excluding hydrogens is 219 g/mol. The van der Waals surface area contributed by atoms with Gasteiger partial charge in [-0.3, -0.25) is 0 Å². The normalized spacial score (nSPS) is 16.9. The third-order valence-electron chi connectivity index (χ3n) is 2.05. The van der Waals surface area contributed by atoms with E-state index in [9.17, 15) is 25.1 Å². The molecule has 1 aliphatic rings. The Hall–Kier alpha value is -1.93. The zero-order valence-electron chi connectivity index (χ0n) is 7.87. The molecule has 0 spiro atoms. The van der Waals surface area contributed by atoms with Gasteiger partial charge in [-0.05, 0) is 6.07 Å². The summed E-state index contributed by atoms with van der Waals surface area (Å²) in [6, 6.07) is 2.16. The zero-order chi connectivity index (χ0) is 11.9. The van der Waals surface area contributed by atoms with Gasteiger partial charge in [-0.1, -0.05) is 11.8 Å². The number of carboxylic acid groups (broad SMARTS) is 1. The third-order valence-corrected chi connectivity index (χ3v) is 2.05. The average molecular weight is 225 g/mol. The van der Waals surface area contributed by atoms with Crippen molar-refractivity contribution in [1.29, 1.82) is 0 Å². The van der Waals surface area contributed by atoms with Crippen LogP contribution in [0.1, 0.15) is 10.4 Å². The predicted octanol–water partition coefficient (Wildman–Crippen LogP) is -2.64. The van der Waals surface area contributed by atoms with Gasteiger partial charge in [-0.25, -0.2) is 0 Å². The molecule has 2 rings (SSSR count). The van der Waals surface area contributed by atoms with Gasteiger partial charge in [0.1, 0.15) is 5.75 Å². The third kappa shape index (κ3) is 1.64. The first-order valence-electron chi connectivity index (χ1n) is 4.38. The number of carboxylic acids is 1. The van der Waals surface area contributed by atoms with Crippen LogP contribution < -0.4 is 19.6 Å². The molecule has 86 valence electrons. The molecule has 0 amide bonds. The molecule has 0 bridgehead atoms. The maximum Gasteiger partial charge on any atom is 0.467 e. The van der Waals surface area contributed by atoms with Crippen LogP contribution in [0.15, 0.2) is 12.1 Å². The molecule has 0 saturated carbocycles. The van der Waals surface area contributed by atoms with Gasteiger partial charge in [0.15, 0.2) is 5.75 Å². The Morgan fingerprint density at radius 3 is 2.75 bits per heavy atom. The number of carbonyl (C=O) groups excluding carboxylic acids is 1. The Bertz CT molecular complexity index is 456. The van der Waals surface area contributed by atoms with Crippen molar-refractivity contribution in [2.75, 3.05) is 6.51 Å². The van der Waals surface area contributed by atoms with Crippen molar-refractivity contribution in [2.24, 2.45) is 0 Å². The van der Waals surface area contributed by atoms with Crippen LogP contribution in [0.4, 0.5) is 0 Å². The van der Waals surface area contributed by atoms with E-state index < -0.39 is 36.3 Å². The summed E-state index contributed by atoms with van der Waals surface area (Å²) in [5.74, 6) is -3.17. The van der Waals surface area contributed by atoms with E-state index >= 15 is 0 Å². The molecule has 0 fully saturated rings. The molecule has 0 aliphatic carbocycles. The second-order valence-electron chi connectivity index (χ2n) is 3.34. The van der Waals surface area contributed by atoms with Gasteiger partial charge in [-0.15, -0.1) is 0 Å². The Labute approximate surface area is 89.5 Å². The number of rotatable bonds is 1. The summed E-state index contributed by atoms with van der Waals surface area (Å²) in [7, 11) is 0. The molecule has 0 aromatic heterocycles. The first kappa shape index (κ1) is 10.6. The highest BCUT2D eigenvalue weighted by Crippen LogP contribution is 2.39. The van der Waals surface area contributed by atoms with Crippen molar-refractivity contribution < 1.29 is 34.4 Å². The second kappa shape index (κ2) is 3.29. The van der Waals surface area contributed by atoms with Gasteiger partial charge in [0.2, 0.25) is 0 Å². The summed E-state index contributed by atoms with van der Waals surface area (Å²) in [6.07, 6.45) is 0. The van der Waals surface area contributed by atoms with Crippen LogP contribution >= 0.6 is 0 Å². The Kier molecular flexibility index (Phi) is 2.18. The van der Waals surface area contributed by atoms with Gasteiger partial charge < -0.3 is 34.4 Å². The second-order valence-corrected chi connectivity index (χ2v) is 3.34. The number of hydrogen-bond donors (Lipinski definition) is 2. The molecule has 1 aromatic carbocycles. The van der Waals surface area contributed by atoms with Crippen molar-refractivity contribution in [3.8, 4) is 17.2 Å². The molecule has 0 radical (unpaired) electrons. The number of hydrogen-bond acceptors (Lipinski definition) is 7. The lowest BCUT2D eigenvalue weighted by molar-refractivity contribution is -0.276. The van der Waals surface area contributed by atoms with Crippen molar-refractivity contribution in [3.63, 3.8) is 0 Å². The molecule has 16 heavy (non-hydrogen) atoms. The molecule has 1 aliphatic heterocycles. The van der Waals surface area contributed by atoms with E-state index in [1.807, 2.05) is 0 Å². The van der Waals surface area contributed by atoms with Gasteiger partial charge in [0.05, 0.1) is 12.5 Å². The molecule has 8 heteroatoms. The lowest BCUT2D eigenvalue weighted by atomic mass is 9.80. The van der Waals surface area contributed by atoms with E-state index in [1.165, 1.54) is 6.07 Å². The van der Waals surface area contributed by atoms with Crippen LogP contribution in [0, 0.1) is 0 Å². The lowest BCUT2D eigenvalue weighted by Gasteiger charge is -2.38. The van der Waals surface area contributed by atoms with Gasteiger partial charge in [0, 0.05) is 5.56 Å². The van der Waals surface area contributed by atoms with Crippen LogP contribution in [0.25, 0.3) is 0 Å². The fourth-order valence-electron chi connectivity index (χ4n) is 1.39. The molecule has 0 unspecified atom stereocenters. The smallest absolute Gasteiger partial charge is 0.467 e. The number of benzene rings is 1. The maximum absolute atomic E-state index is 11.2. The summed E-state index contributed by atoms with van der Waals surface area (Å²) in [4.78, 5) is 10.7. The van der Waals surface area contributed by atoms with E-state index in [2.05, 4.69) is 4.65 Å². The van der Waals surface area contributed by atoms with Crippen LogP contribution in [-0.2, 0) is 0 Å². The Morgan fingerprint density at radius 1 is 1.44 bits per heavy atom. The Morgan fingerprint density at radius 2 is 2.12 bits per heavy atom. The highest BCUT2D eigenvalue weighted by molar-refractivity contribution is 6.58. The minimum Gasteiger partial charge on any atom is -0.872 e. The van der Waals surface area contributed by atoms with Crippen LogP contribution in [0.5, 0.6) is 17.2 Å². The standard InChI is InChI=1S/C8H8BO7/c10-4-1-2-5-7(6(4)8(11)12)16-9(13,14)3-15-5/h1-2,10,13-14H,3H2,(H,11,12)/q-1/p-2. The summed E-state index contributed by atoms with van der Waals surface area (Å²) < 4.78 is 9.48. The van der Waals surface area contributed by atoms with Crippen LogP contribution in [0.2, 0.25) is 0 Å². The number of aromatic carboxylic acids is 1. The van der Waals surface area contributed by atoms with Crippen LogP contribution in [-0.4, -0.2) is 29.3 Å². The van der Waals surface area contributed by atoms with E-state index in [4.69, 9.17) is 4.74 Å². The van der Waals surface area contributed by atoms with Crippen molar-refractivity contribution in [2.45, 2.75) is 0 Å². The highest BCUT2D eigenvalue weighted by Gasteiger charge is 2.31. The topological polar surface area (TPSA) is 122 Å². The largest absolute Gasteiger partial charge is 0.872 e. The quantitative estimate of drug-likeness (QED) is 0.500. The lowest BCUT2D eigenvalue weighted by Crippen LogP contribution is -2.51. The molecule has 2 N–H and O–H groups in total. The van der Waals surface area contributed by atoms with Crippen LogP contribution in [0.3, 0.4) is 0 Å². The van der Waals surface area contributed by atoms with Crippen molar-refractivity contribution in [3.05, 3.63) is 17.7 Å². The van der Waals surface area contributed by atoms with E-state index in [0.717, 1.165) is 6.07 Å². The summed E-state index contributed by atoms with van der Waals surface area (Å²) in [6.45, 7) is -3.84. The molecule has 1 heterocycles. The van der Waals surface area contributed by atoms with E-state index in [0.29, 0.717) is 0 Å². The minimum absolute atomic E-state index is 0.0422. The molecule has 1 aromatic rings. The van der Waals surface area contributed by atoms with Crippen molar-refractivity contribution in [1.82, 2.24) is 0 Å². The summed E-state index contributed by atoms with van der Waals surface area (Å²) in [5.41, 5.74) is -0.786. The molecular formula is C8H6BO7-3. The minimum atomic E-state index is -3.31.